The summed E-state index contributed by atoms with van der Waals surface area (Å²) in [4.78, 5) is 11.4. The number of nitrogen functional groups attached to an aromatic ring is 1. The summed E-state index contributed by atoms with van der Waals surface area (Å²) in [6, 6.07) is 5.71. The van der Waals surface area contributed by atoms with Gasteiger partial charge in [0, 0.05) is 5.69 Å². The lowest BCUT2D eigenvalue weighted by atomic mass is 10.0. The van der Waals surface area contributed by atoms with E-state index in [4.69, 9.17) is 10.5 Å². The number of rotatable bonds is 1. The van der Waals surface area contributed by atoms with E-state index < -0.39 is 0 Å². The number of aryl methyl sites for hydroxylation is 1. The molecule has 3 nitrogen and oxygen atoms in total. The molecule has 0 saturated heterocycles. The maximum Gasteiger partial charge on any atom is 0.313 e. The average molecular weight is 228 g/mol. The molecule has 0 fully saturated rings. The Morgan fingerprint density at radius 3 is 2.93 bits per heavy atom. The molecule has 0 heterocycles. The highest BCUT2D eigenvalue weighted by atomic mass is 35.5. The van der Waals surface area contributed by atoms with Crippen molar-refractivity contribution in [3.05, 3.63) is 29.3 Å². The summed E-state index contributed by atoms with van der Waals surface area (Å²) in [5.41, 5.74) is 8.68. The summed E-state index contributed by atoms with van der Waals surface area (Å²) in [5.74, 6) is -0.232. The fourth-order valence-electron chi connectivity index (χ4n) is 2.02. The number of ether oxygens (including phenoxy) is 1. The van der Waals surface area contributed by atoms with Gasteiger partial charge in [-0.05, 0) is 36.1 Å². The van der Waals surface area contributed by atoms with Crippen molar-refractivity contribution in [2.24, 2.45) is 0 Å². The van der Waals surface area contributed by atoms with E-state index in [1.165, 1.54) is 12.7 Å². The Bertz CT molecular complexity index is 379. The number of benzene rings is 1. The molecule has 1 aromatic rings. The topological polar surface area (TPSA) is 52.3 Å². The fourth-order valence-corrected chi connectivity index (χ4v) is 2.02. The van der Waals surface area contributed by atoms with Crippen LogP contribution < -0.4 is 5.73 Å². The van der Waals surface area contributed by atoms with E-state index in [2.05, 4.69) is 0 Å². The van der Waals surface area contributed by atoms with Crippen LogP contribution in [0.1, 0.15) is 23.5 Å². The predicted octanol–water partition coefficient (Wildman–Crippen LogP) is 1.89. The minimum atomic E-state index is -0.145. The summed E-state index contributed by atoms with van der Waals surface area (Å²) >= 11 is 0. The molecule has 0 radical (unpaired) electrons. The van der Waals surface area contributed by atoms with Crippen LogP contribution in [0, 0.1) is 0 Å². The van der Waals surface area contributed by atoms with E-state index >= 15 is 0 Å². The van der Waals surface area contributed by atoms with Crippen LogP contribution in [0.25, 0.3) is 0 Å². The van der Waals surface area contributed by atoms with Gasteiger partial charge in [-0.1, -0.05) is 6.07 Å². The number of hydrogen-bond donors (Lipinski definition) is 1. The molecule has 82 valence electrons. The Kier molecular flexibility index (Phi) is 3.58. The van der Waals surface area contributed by atoms with Gasteiger partial charge in [-0.15, -0.1) is 12.4 Å². The molecule has 1 aliphatic carbocycles. The number of fused-ring (bicyclic) bond motifs is 1. The lowest BCUT2D eigenvalue weighted by molar-refractivity contribution is -0.142. The van der Waals surface area contributed by atoms with E-state index in [9.17, 15) is 4.79 Å². The molecule has 0 aliphatic heterocycles. The Morgan fingerprint density at radius 1 is 1.53 bits per heavy atom. The largest absolute Gasteiger partial charge is 0.469 e. The summed E-state index contributed by atoms with van der Waals surface area (Å²) in [6.07, 6.45) is 1.76. The number of hydrogen-bond acceptors (Lipinski definition) is 3. The first kappa shape index (κ1) is 11.9. The van der Waals surface area contributed by atoms with Crippen molar-refractivity contribution < 1.29 is 9.53 Å². The third-order valence-electron chi connectivity index (χ3n) is 2.73. The highest BCUT2D eigenvalue weighted by Crippen LogP contribution is 2.34. The lowest BCUT2D eigenvalue weighted by Crippen LogP contribution is -2.11. The first-order valence-electron chi connectivity index (χ1n) is 4.68. The zero-order chi connectivity index (χ0) is 10.1. The van der Waals surface area contributed by atoms with Crippen molar-refractivity contribution in [2.45, 2.75) is 18.8 Å². The van der Waals surface area contributed by atoms with Crippen molar-refractivity contribution in [3.63, 3.8) is 0 Å². The smallest absolute Gasteiger partial charge is 0.313 e. The summed E-state index contributed by atoms with van der Waals surface area (Å²) < 4.78 is 4.75. The minimum Gasteiger partial charge on any atom is -0.469 e. The first-order valence-corrected chi connectivity index (χ1v) is 4.68. The third kappa shape index (κ3) is 2.07. The standard InChI is InChI=1S/C11H13NO2.ClH/c1-14-11(13)10-4-2-7-6-8(12)3-5-9(7)10;/h3,5-6,10H,2,4,12H2,1H3;1H. The van der Waals surface area contributed by atoms with Crippen LogP contribution in [-0.4, -0.2) is 13.1 Å². The average Bonchev–Trinajstić information content (AvgIpc) is 2.59. The maximum atomic E-state index is 11.4. The molecule has 1 aromatic carbocycles. The van der Waals surface area contributed by atoms with Crippen molar-refractivity contribution >= 4 is 24.1 Å². The van der Waals surface area contributed by atoms with Gasteiger partial charge in [0.1, 0.15) is 0 Å². The molecule has 1 unspecified atom stereocenters. The van der Waals surface area contributed by atoms with Crippen LogP contribution in [0.2, 0.25) is 0 Å². The normalized spacial score (nSPS) is 17.8. The maximum absolute atomic E-state index is 11.4. The molecule has 0 bridgehead atoms. The highest BCUT2D eigenvalue weighted by molar-refractivity contribution is 5.85. The monoisotopic (exact) mass is 227 g/mol. The van der Waals surface area contributed by atoms with Crippen LogP contribution in [0.15, 0.2) is 18.2 Å². The SMILES string of the molecule is COC(=O)C1CCc2cc(N)ccc21.Cl. The van der Waals surface area contributed by atoms with Crippen molar-refractivity contribution in [2.75, 3.05) is 12.8 Å². The van der Waals surface area contributed by atoms with Gasteiger partial charge < -0.3 is 10.5 Å². The van der Waals surface area contributed by atoms with E-state index in [-0.39, 0.29) is 24.3 Å². The first-order chi connectivity index (χ1) is 6.72. The molecule has 4 heteroatoms. The Morgan fingerprint density at radius 2 is 2.27 bits per heavy atom. The summed E-state index contributed by atoms with van der Waals surface area (Å²) in [7, 11) is 1.43. The van der Waals surface area contributed by atoms with Crippen LogP contribution in [-0.2, 0) is 16.0 Å². The molecule has 1 atom stereocenters. The number of carbonyl (C=O) groups is 1. The van der Waals surface area contributed by atoms with Crippen LogP contribution in [0.4, 0.5) is 5.69 Å². The molecule has 2 rings (SSSR count). The van der Waals surface area contributed by atoms with Crippen molar-refractivity contribution in [1.29, 1.82) is 0 Å². The molecule has 0 saturated carbocycles. The van der Waals surface area contributed by atoms with Gasteiger partial charge in [0.15, 0.2) is 0 Å². The number of anilines is 1. The molecular weight excluding hydrogens is 214 g/mol. The Balaban J connectivity index is 0.00000112. The zero-order valence-electron chi connectivity index (χ0n) is 8.53. The summed E-state index contributed by atoms with van der Waals surface area (Å²) in [6.45, 7) is 0. The van der Waals surface area contributed by atoms with Crippen LogP contribution in [0.3, 0.4) is 0 Å². The van der Waals surface area contributed by atoms with Gasteiger partial charge in [-0.2, -0.15) is 0 Å². The van der Waals surface area contributed by atoms with Crippen LogP contribution in [0.5, 0.6) is 0 Å². The molecular formula is C11H14ClNO2. The molecule has 2 N–H and O–H groups in total. The number of methoxy groups -OCH3 is 1. The van der Waals surface area contributed by atoms with Gasteiger partial charge in [-0.25, -0.2) is 0 Å². The van der Waals surface area contributed by atoms with E-state index in [0.717, 1.165) is 24.1 Å². The molecule has 0 aromatic heterocycles. The second kappa shape index (κ2) is 4.53. The number of esters is 1. The van der Waals surface area contributed by atoms with Gasteiger partial charge in [-0.3, -0.25) is 4.79 Å². The van der Waals surface area contributed by atoms with Gasteiger partial charge in [0.25, 0.3) is 0 Å². The van der Waals surface area contributed by atoms with Gasteiger partial charge >= 0.3 is 5.97 Å². The molecule has 1 aliphatic rings. The molecule has 0 amide bonds. The Hall–Kier alpha value is -1.22. The third-order valence-corrected chi connectivity index (χ3v) is 2.73. The number of halogens is 1. The molecule has 0 spiro atoms. The minimum absolute atomic E-state index is 0. The zero-order valence-corrected chi connectivity index (χ0v) is 9.34. The van der Waals surface area contributed by atoms with Crippen molar-refractivity contribution in [3.8, 4) is 0 Å². The predicted molar refractivity (Wildman–Crippen MR) is 61.2 cm³/mol. The van der Waals surface area contributed by atoms with E-state index in [1.54, 1.807) is 0 Å². The lowest BCUT2D eigenvalue weighted by Gasteiger charge is -2.08. The highest BCUT2D eigenvalue weighted by Gasteiger charge is 2.29. The summed E-state index contributed by atoms with van der Waals surface area (Å²) in [5, 5.41) is 0. The fraction of sp³-hybridized carbons (Fsp3) is 0.364. The number of nitrogens with two attached hydrogens (primary N) is 1. The second-order valence-corrected chi connectivity index (χ2v) is 3.57. The van der Waals surface area contributed by atoms with E-state index in [0.29, 0.717) is 0 Å². The Labute approximate surface area is 95.0 Å². The van der Waals surface area contributed by atoms with Gasteiger partial charge in [0.05, 0.1) is 13.0 Å². The second-order valence-electron chi connectivity index (χ2n) is 3.57. The quantitative estimate of drug-likeness (QED) is 0.589. The van der Waals surface area contributed by atoms with Gasteiger partial charge in [0.2, 0.25) is 0 Å². The molecule has 15 heavy (non-hydrogen) atoms. The van der Waals surface area contributed by atoms with E-state index in [1.807, 2.05) is 18.2 Å². The van der Waals surface area contributed by atoms with Crippen LogP contribution >= 0.6 is 12.4 Å². The van der Waals surface area contributed by atoms with Crippen molar-refractivity contribution in [1.82, 2.24) is 0 Å². The number of carbonyl (C=O) groups excluding carboxylic acids is 1.